The summed E-state index contributed by atoms with van der Waals surface area (Å²) in [6.45, 7) is 4.07. The fourth-order valence-electron chi connectivity index (χ4n) is 1.78. The highest BCUT2D eigenvalue weighted by Gasteiger charge is 2.22. The molecule has 0 atom stereocenters. The maximum absolute atomic E-state index is 13.8. The van der Waals surface area contributed by atoms with Crippen molar-refractivity contribution >= 4 is 22.2 Å². The molecule has 5 heteroatoms. The third kappa shape index (κ3) is 2.26. The Morgan fingerprint density at radius 2 is 2.28 bits per heavy atom. The van der Waals surface area contributed by atoms with Crippen LogP contribution in [-0.4, -0.2) is 17.4 Å². The first-order valence-electron chi connectivity index (χ1n) is 5.60. The second kappa shape index (κ2) is 5.27. The number of nitrogens with zero attached hydrogens (tertiary/aromatic N) is 2. The summed E-state index contributed by atoms with van der Waals surface area (Å²) in [5.41, 5.74) is 2.43. The van der Waals surface area contributed by atoms with Gasteiger partial charge in [-0.1, -0.05) is 12.1 Å². The van der Waals surface area contributed by atoms with E-state index in [0.717, 1.165) is 5.00 Å². The molecular weight excluding hydrogens is 251 g/mol. The fraction of sp³-hybridized carbons (Fsp3) is 0.231. The monoisotopic (exact) mass is 264 g/mol. The van der Waals surface area contributed by atoms with Crippen molar-refractivity contribution in [3.05, 3.63) is 46.9 Å². The third-order valence-electron chi connectivity index (χ3n) is 2.68. The van der Waals surface area contributed by atoms with E-state index in [4.69, 9.17) is 0 Å². The molecule has 0 radical (unpaired) electrons. The lowest BCUT2D eigenvalue weighted by Gasteiger charge is -2.19. The topological polar surface area (TPSA) is 33.2 Å². The smallest absolute Gasteiger partial charge is 0.262 e. The average Bonchev–Trinajstić information content (AvgIpc) is 2.83. The number of anilines is 1. The van der Waals surface area contributed by atoms with Gasteiger partial charge in [0, 0.05) is 6.54 Å². The Bertz CT molecular complexity index is 534. The van der Waals surface area contributed by atoms with Crippen molar-refractivity contribution in [3.8, 4) is 0 Å². The van der Waals surface area contributed by atoms with Gasteiger partial charge in [-0.25, -0.2) is 4.39 Å². The predicted molar refractivity (Wildman–Crippen MR) is 70.6 cm³/mol. The maximum atomic E-state index is 13.8. The number of aromatic nitrogens is 1. The largest absolute Gasteiger partial charge is 0.299 e. The highest BCUT2D eigenvalue weighted by atomic mass is 32.1. The molecule has 0 spiro atoms. The van der Waals surface area contributed by atoms with E-state index in [1.165, 1.54) is 22.3 Å². The first kappa shape index (κ1) is 12.7. The van der Waals surface area contributed by atoms with E-state index in [-0.39, 0.29) is 11.5 Å². The Kier molecular flexibility index (Phi) is 3.72. The molecule has 0 saturated carbocycles. The van der Waals surface area contributed by atoms with Crippen LogP contribution in [0.25, 0.3) is 0 Å². The maximum Gasteiger partial charge on any atom is 0.262 e. The molecule has 0 aliphatic heterocycles. The number of amides is 1. The Morgan fingerprint density at radius 1 is 1.50 bits per heavy atom. The molecule has 2 aromatic rings. The van der Waals surface area contributed by atoms with Crippen LogP contribution in [0, 0.1) is 12.7 Å². The lowest BCUT2D eigenvalue weighted by molar-refractivity contribution is 0.0984. The summed E-state index contributed by atoms with van der Waals surface area (Å²) in [6.07, 6.45) is 1.61. The molecule has 0 fully saturated rings. The molecule has 1 heterocycles. The lowest BCUT2D eigenvalue weighted by Crippen LogP contribution is -2.31. The van der Waals surface area contributed by atoms with Gasteiger partial charge in [0.05, 0.1) is 17.3 Å². The molecule has 0 aliphatic rings. The standard InChI is InChI=1S/C13H13FN2OS/c1-3-16(11-7-15-8-18-11)13(17)12-9(2)5-4-6-10(12)14/h4-8H,3H2,1-2H3. The number of benzene rings is 1. The van der Waals surface area contributed by atoms with Gasteiger partial charge in [0.1, 0.15) is 10.8 Å². The van der Waals surface area contributed by atoms with Gasteiger partial charge >= 0.3 is 0 Å². The predicted octanol–water partition coefficient (Wildman–Crippen LogP) is 3.26. The molecule has 1 aromatic heterocycles. The number of carbonyl (C=O) groups is 1. The van der Waals surface area contributed by atoms with Gasteiger partial charge in [0.2, 0.25) is 0 Å². The first-order chi connectivity index (χ1) is 8.65. The highest BCUT2D eigenvalue weighted by molar-refractivity contribution is 7.14. The van der Waals surface area contributed by atoms with Crippen molar-refractivity contribution in [2.24, 2.45) is 0 Å². The van der Waals surface area contributed by atoms with Crippen LogP contribution in [0.3, 0.4) is 0 Å². The second-order valence-electron chi connectivity index (χ2n) is 3.82. The highest BCUT2D eigenvalue weighted by Crippen LogP contribution is 2.23. The summed E-state index contributed by atoms with van der Waals surface area (Å²) in [5, 5.41) is 0.727. The zero-order chi connectivity index (χ0) is 13.1. The van der Waals surface area contributed by atoms with Crippen molar-refractivity contribution < 1.29 is 9.18 Å². The molecule has 1 amide bonds. The van der Waals surface area contributed by atoms with Gasteiger partial charge < -0.3 is 0 Å². The van der Waals surface area contributed by atoms with Crippen LogP contribution in [0.15, 0.2) is 29.9 Å². The molecule has 18 heavy (non-hydrogen) atoms. The van der Waals surface area contributed by atoms with Crippen LogP contribution in [0.4, 0.5) is 9.39 Å². The molecule has 0 N–H and O–H groups in total. The van der Waals surface area contributed by atoms with E-state index < -0.39 is 5.82 Å². The third-order valence-corrected chi connectivity index (χ3v) is 3.48. The van der Waals surface area contributed by atoms with E-state index in [1.54, 1.807) is 30.8 Å². The first-order valence-corrected chi connectivity index (χ1v) is 6.48. The van der Waals surface area contributed by atoms with Crippen LogP contribution in [0.5, 0.6) is 0 Å². The SMILES string of the molecule is CCN(C(=O)c1c(C)cccc1F)c1cncs1. The summed E-state index contributed by atoms with van der Waals surface area (Å²) in [7, 11) is 0. The number of hydrogen-bond acceptors (Lipinski definition) is 3. The summed E-state index contributed by atoms with van der Waals surface area (Å²) >= 11 is 1.36. The van der Waals surface area contributed by atoms with E-state index in [2.05, 4.69) is 4.98 Å². The van der Waals surface area contributed by atoms with Crippen molar-refractivity contribution in [2.45, 2.75) is 13.8 Å². The minimum Gasteiger partial charge on any atom is -0.299 e. The molecule has 0 saturated heterocycles. The van der Waals surface area contributed by atoms with Crippen molar-refractivity contribution in [2.75, 3.05) is 11.4 Å². The molecule has 0 unspecified atom stereocenters. The van der Waals surface area contributed by atoms with Crippen molar-refractivity contribution in [1.29, 1.82) is 0 Å². The molecule has 1 aromatic carbocycles. The van der Waals surface area contributed by atoms with Gasteiger partial charge in [-0.2, -0.15) is 0 Å². The fourth-order valence-corrected chi connectivity index (χ4v) is 2.47. The van der Waals surface area contributed by atoms with E-state index in [1.807, 2.05) is 6.92 Å². The minimum atomic E-state index is -0.483. The Hall–Kier alpha value is -1.75. The van der Waals surface area contributed by atoms with Gasteiger partial charge in [0.25, 0.3) is 5.91 Å². The van der Waals surface area contributed by atoms with Crippen LogP contribution < -0.4 is 4.90 Å². The molecule has 0 bridgehead atoms. The summed E-state index contributed by atoms with van der Waals surface area (Å²) < 4.78 is 13.8. The van der Waals surface area contributed by atoms with Gasteiger partial charge in [-0.15, -0.1) is 11.3 Å². The summed E-state index contributed by atoms with van der Waals surface area (Å²) in [6, 6.07) is 4.64. The van der Waals surface area contributed by atoms with Crippen LogP contribution in [-0.2, 0) is 0 Å². The van der Waals surface area contributed by atoms with E-state index in [9.17, 15) is 9.18 Å². The number of thiazole rings is 1. The van der Waals surface area contributed by atoms with Crippen LogP contribution in [0.2, 0.25) is 0 Å². The number of carbonyl (C=O) groups excluding carboxylic acids is 1. The minimum absolute atomic E-state index is 0.132. The quantitative estimate of drug-likeness (QED) is 0.852. The number of aryl methyl sites for hydroxylation is 1. The van der Waals surface area contributed by atoms with Crippen LogP contribution in [0.1, 0.15) is 22.8 Å². The Labute approximate surface area is 109 Å². The Balaban J connectivity index is 2.41. The van der Waals surface area contributed by atoms with Crippen molar-refractivity contribution in [1.82, 2.24) is 4.98 Å². The molecular formula is C13H13FN2OS. The number of hydrogen-bond donors (Lipinski definition) is 0. The molecule has 94 valence electrons. The van der Waals surface area contributed by atoms with Gasteiger partial charge in [0.15, 0.2) is 0 Å². The second-order valence-corrected chi connectivity index (χ2v) is 4.69. The van der Waals surface area contributed by atoms with Gasteiger partial charge in [-0.3, -0.25) is 14.7 Å². The zero-order valence-electron chi connectivity index (χ0n) is 10.2. The average molecular weight is 264 g/mol. The number of halogens is 1. The normalized spacial score (nSPS) is 10.4. The summed E-state index contributed by atoms with van der Waals surface area (Å²) in [5.74, 6) is -0.805. The molecule has 3 nitrogen and oxygen atoms in total. The lowest BCUT2D eigenvalue weighted by atomic mass is 10.1. The van der Waals surface area contributed by atoms with Gasteiger partial charge in [-0.05, 0) is 25.5 Å². The van der Waals surface area contributed by atoms with Crippen LogP contribution >= 0.6 is 11.3 Å². The zero-order valence-corrected chi connectivity index (χ0v) is 11.0. The summed E-state index contributed by atoms with van der Waals surface area (Å²) in [4.78, 5) is 17.9. The Morgan fingerprint density at radius 3 is 2.83 bits per heavy atom. The van der Waals surface area contributed by atoms with E-state index >= 15 is 0 Å². The molecule has 0 aliphatic carbocycles. The molecule has 2 rings (SSSR count). The van der Waals surface area contributed by atoms with E-state index in [0.29, 0.717) is 12.1 Å². The number of rotatable bonds is 3. The van der Waals surface area contributed by atoms with Crippen molar-refractivity contribution in [3.63, 3.8) is 0 Å².